The van der Waals surface area contributed by atoms with Crippen LogP contribution in [0.15, 0.2) is 24.3 Å². The fourth-order valence-electron chi connectivity index (χ4n) is 3.72. The molecule has 2 nitrogen and oxygen atoms in total. The van der Waals surface area contributed by atoms with Gasteiger partial charge in [-0.1, -0.05) is 38.8 Å². The largest absolute Gasteiger partial charge is 0.497 e. The first-order chi connectivity index (χ1) is 9.75. The van der Waals surface area contributed by atoms with E-state index in [4.69, 9.17) is 4.74 Å². The Morgan fingerprint density at radius 1 is 1.25 bits per heavy atom. The van der Waals surface area contributed by atoms with Gasteiger partial charge in [0, 0.05) is 6.04 Å². The summed E-state index contributed by atoms with van der Waals surface area (Å²) < 4.78 is 5.41. The zero-order valence-corrected chi connectivity index (χ0v) is 13.2. The van der Waals surface area contributed by atoms with Crippen LogP contribution < -0.4 is 10.1 Å². The van der Waals surface area contributed by atoms with Crippen LogP contribution in [-0.2, 0) is 0 Å². The van der Waals surface area contributed by atoms with Gasteiger partial charge >= 0.3 is 0 Å². The van der Waals surface area contributed by atoms with Crippen LogP contribution in [0.1, 0.15) is 64.0 Å². The molecule has 1 unspecified atom stereocenters. The van der Waals surface area contributed by atoms with Crippen molar-refractivity contribution in [2.24, 2.45) is 5.41 Å². The van der Waals surface area contributed by atoms with E-state index in [0.29, 0.717) is 11.5 Å². The first-order valence-electron chi connectivity index (χ1n) is 8.13. The van der Waals surface area contributed by atoms with E-state index < -0.39 is 0 Å². The van der Waals surface area contributed by atoms with Crippen molar-refractivity contribution in [3.8, 4) is 5.75 Å². The molecule has 1 aromatic carbocycles. The van der Waals surface area contributed by atoms with Crippen LogP contribution in [0.4, 0.5) is 0 Å². The molecule has 0 aromatic heterocycles. The molecule has 2 heteroatoms. The van der Waals surface area contributed by atoms with Crippen LogP contribution in [0.25, 0.3) is 0 Å². The van der Waals surface area contributed by atoms with E-state index in [1.807, 2.05) is 6.07 Å². The number of ether oxygens (including phenoxy) is 1. The van der Waals surface area contributed by atoms with E-state index in [0.717, 1.165) is 12.3 Å². The Balaban J connectivity index is 2.30. The molecule has 112 valence electrons. The zero-order valence-electron chi connectivity index (χ0n) is 13.2. The average molecular weight is 275 g/mol. The van der Waals surface area contributed by atoms with Gasteiger partial charge in [0.1, 0.15) is 5.75 Å². The maximum absolute atomic E-state index is 5.41. The molecule has 0 bridgehead atoms. The summed E-state index contributed by atoms with van der Waals surface area (Å²) in [6, 6.07) is 9.08. The molecule has 1 aromatic rings. The van der Waals surface area contributed by atoms with Crippen molar-refractivity contribution in [3.05, 3.63) is 29.8 Å². The van der Waals surface area contributed by atoms with Crippen molar-refractivity contribution in [1.29, 1.82) is 0 Å². The molecular weight excluding hydrogens is 246 g/mol. The summed E-state index contributed by atoms with van der Waals surface area (Å²) in [5.41, 5.74) is 1.82. The maximum atomic E-state index is 5.41. The van der Waals surface area contributed by atoms with Gasteiger partial charge in [-0.25, -0.2) is 0 Å². The van der Waals surface area contributed by atoms with Crippen LogP contribution >= 0.6 is 0 Å². The number of hydrogen-bond donors (Lipinski definition) is 1. The van der Waals surface area contributed by atoms with Gasteiger partial charge < -0.3 is 10.1 Å². The Morgan fingerprint density at radius 2 is 2.00 bits per heavy atom. The van der Waals surface area contributed by atoms with Crippen LogP contribution in [0, 0.1) is 5.41 Å². The second-order valence-corrected chi connectivity index (χ2v) is 6.09. The molecule has 1 aliphatic carbocycles. The topological polar surface area (TPSA) is 21.3 Å². The van der Waals surface area contributed by atoms with Gasteiger partial charge in [-0.2, -0.15) is 0 Å². The third-order valence-electron chi connectivity index (χ3n) is 4.94. The Morgan fingerprint density at radius 3 is 2.60 bits per heavy atom. The minimum Gasteiger partial charge on any atom is -0.497 e. The summed E-state index contributed by atoms with van der Waals surface area (Å²) in [6.45, 7) is 5.68. The van der Waals surface area contributed by atoms with Gasteiger partial charge in [0.05, 0.1) is 7.11 Å². The Hall–Kier alpha value is -1.02. The normalized spacial score (nSPS) is 18.9. The molecule has 1 N–H and O–H groups in total. The Bertz CT molecular complexity index is 410. The van der Waals surface area contributed by atoms with E-state index >= 15 is 0 Å². The number of benzene rings is 1. The second-order valence-electron chi connectivity index (χ2n) is 6.09. The van der Waals surface area contributed by atoms with Crippen LogP contribution in [0.5, 0.6) is 5.75 Å². The number of rotatable bonds is 7. The Labute approximate surface area is 123 Å². The fraction of sp³-hybridized carbons (Fsp3) is 0.667. The van der Waals surface area contributed by atoms with Gasteiger partial charge in [0.25, 0.3) is 0 Å². The van der Waals surface area contributed by atoms with Crippen molar-refractivity contribution in [1.82, 2.24) is 5.32 Å². The van der Waals surface area contributed by atoms with E-state index in [1.54, 1.807) is 7.11 Å². The summed E-state index contributed by atoms with van der Waals surface area (Å²) >= 11 is 0. The van der Waals surface area contributed by atoms with Gasteiger partial charge in [-0.15, -0.1) is 0 Å². The first kappa shape index (κ1) is 15.4. The highest BCUT2D eigenvalue weighted by atomic mass is 16.5. The molecule has 0 heterocycles. The third-order valence-corrected chi connectivity index (χ3v) is 4.94. The fourth-order valence-corrected chi connectivity index (χ4v) is 3.72. The third kappa shape index (κ3) is 3.17. The predicted molar refractivity (Wildman–Crippen MR) is 85.2 cm³/mol. The van der Waals surface area contributed by atoms with Crippen LogP contribution in [0.2, 0.25) is 0 Å². The molecule has 0 saturated heterocycles. The molecule has 0 radical (unpaired) electrons. The monoisotopic (exact) mass is 275 g/mol. The maximum Gasteiger partial charge on any atom is 0.119 e. The lowest BCUT2D eigenvalue weighted by atomic mass is 9.73. The molecule has 1 atom stereocenters. The standard InChI is InChI=1S/C18H29NO/c1-4-13-19-17(18(5-2)11-6-7-12-18)15-9-8-10-16(14-15)20-3/h8-10,14,17,19H,4-7,11-13H2,1-3H3. The van der Waals surface area contributed by atoms with Crippen molar-refractivity contribution < 1.29 is 4.74 Å². The number of hydrogen-bond acceptors (Lipinski definition) is 2. The van der Waals surface area contributed by atoms with Gasteiger partial charge in [0.2, 0.25) is 0 Å². The van der Waals surface area contributed by atoms with Crippen molar-refractivity contribution in [3.63, 3.8) is 0 Å². The quantitative estimate of drug-likeness (QED) is 0.778. The number of nitrogens with one attached hydrogen (secondary N) is 1. The van der Waals surface area contributed by atoms with Crippen molar-refractivity contribution in [2.45, 2.75) is 58.4 Å². The molecular formula is C18H29NO. The SMILES string of the molecule is CCCNC(c1cccc(OC)c1)C1(CC)CCCC1. The van der Waals surface area contributed by atoms with E-state index in [2.05, 4.69) is 37.4 Å². The molecule has 1 fully saturated rings. The zero-order chi connectivity index (χ0) is 14.4. The molecule has 0 amide bonds. The van der Waals surface area contributed by atoms with Crippen molar-refractivity contribution in [2.75, 3.05) is 13.7 Å². The molecule has 0 spiro atoms. The average Bonchev–Trinajstić information content (AvgIpc) is 2.98. The smallest absolute Gasteiger partial charge is 0.119 e. The summed E-state index contributed by atoms with van der Waals surface area (Å²) in [5.74, 6) is 0.968. The molecule has 0 aliphatic heterocycles. The number of methoxy groups -OCH3 is 1. The summed E-state index contributed by atoms with van der Waals surface area (Å²) in [7, 11) is 1.75. The highest BCUT2D eigenvalue weighted by molar-refractivity contribution is 5.32. The molecule has 1 saturated carbocycles. The summed E-state index contributed by atoms with van der Waals surface area (Å²) in [5, 5.41) is 3.82. The lowest BCUT2D eigenvalue weighted by Gasteiger charge is -2.38. The Kier molecular flexibility index (Phi) is 5.47. The van der Waals surface area contributed by atoms with Gasteiger partial charge in [-0.05, 0) is 55.3 Å². The van der Waals surface area contributed by atoms with Crippen LogP contribution in [-0.4, -0.2) is 13.7 Å². The minimum absolute atomic E-state index is 0.432. The van der Waals surface area contributed by atoms with E-state index in [1.165, 1.54) is 44.1 Å². The van der Waals surface area contributed by atoms with E-state index in [-0.39, 0.29) is 0 Å². The first-order valence-corrected chi connectivity index (χ1v) is 8.13. The molecule has 2 rings (SSSR count). The minimum atomic E-state index is 0.432. The van der Waals surface area contributed by atoms with Crippen LogP contribution in [0.3, 0.4) is 0 Å². The second kappa shape index (κ2) is 7.12. The molecule has 1 aliphatic rings. The molecule has 20 heavy (non-hydrogen) atoms. The summed E-state index contributed by atoms with van der Waals surface area (Å²) in [4.78, 5) is 0. The van der Waals surface area contributed by atoms with Gasteiger partial charge in [0.15, 0.2) is 0 Å². The van der Waals surface area contributed by atoms with E-state index in [9.17, 15) is 0 Å². The highest BCUT2D eigenvalue weighted by Gasteiger charge is 2.40. The lowest BCUT2D eigenvalue weighted by Crippen LogP contribution is -2.36. The van der Waals surface area contributed by atoms with Crippen molar-refractivity contribution >= 4 is 0 Å². The predicted octanol–water partition coefficient (Wildman–Crippen LogP) is 4.71. The summed E-state index contributed by atoms with van der Waals surface area (Å²) in [6.07, 6.45) is 7.89. The highest BCUT2D eigenvalue weighted by Crippen LogP contribution is 2.50. The lowest BCUT2D eigenvalue weighted by molar-refractivity contribution is 0.187. The van der Waals surface area contributed by atoms with Gasteiger partial charge in [-0.3, -0.25) is 0 Å².